The summed E-state index contributed by atoms with van der Waals surface area (Å²) in [5.74, 6) is -0.371. The topological polar surface area (TPSA) is 119 Å². The number of amides is 2. The number of fused-ring (bicyclic) bond motifs is 1. The van der Waals surface area contributed by atoms with Crippen molar-refractivity contribution < 1.29 is 23.8 Å². The Morgan fingerprint density at radius 1 is 1.10 bits per heavy atom. The molecule has 2 aromatic rings. The Bertz CT molecular complexity index is 1340. The number of benzene rings is 1. The maximum Gasteiger partial charge on any atom is 0.407 e. The Morgan fingerprint density at radius 2 is 1.74 bits per heavy atom. The number of aromatic amines is 1. The lowest BCUT2D eigenvalue weighted by molar-refractivity contribution is -0.121. The van der Waals surface area contributed by atoms with Crippen LogP contribution in [0.1, 0.15) is 86.1 Å². The van der Waals surface area contributed by atoms with Gasteiger partial charge in [-0.05, 0) is 84.9 Å². The van der Waals surface area contributed by atoms with Gasteiger partial charge in [-0.3, -0.25) is 9.59 Å². The number of pyridine rings is 1. The minimum absolute atomic E-state index is 0.0218. The Labute approximate surface area is 233 Å². The molecule has 2 heterocycles. The van der Waals surface area contributed by atoms with Crippen molar-refractivity contribution >= 4 is 23.6 Å². The molecule has 10 heteroatoms. The molecule has 2 amide bonds. The Morgan fingerprint density at radius 3 is 2.36 bits per heavy atom. The van der Waals surface area contributed by atoms with E-state index in [2.05, 4.69) is 15.6 Å². The maximum atomic E-state index is 13.1. The molecule has 1 fully saturated rings. The van der Waals surface area contributed by atoms with Crippen LogP contribution in [0.4, 0.5) is 4.79 Å². The van der Waals surface area contributed by atoms with Crippen molar-refractivity contribution in [1.82, 2.24) is 15.6 Å². The molecule has 1 aromatic heterocycles. The number of alkyl carbamates (subject to hydrolysis) is 1. The molecular formula is C29H38ClN3O6. The first kappa shape index (κ1) is 28.8. The molecule has 2 aliphatic rings. The largest absolute Gasteiger partial charge is 0.448 e. The molecule has 0 bridgehead atoms. The first-order valence-corrected chi connectivity index (χ1v) is 13.7. The van der Waals surface area contributed by atoms with E-state index in [-0.39, 0.29) is 35.0 Å². The highest BCUT2D eigenvalue weighted by atomic mass is 35.5. The minimum atomic E-state index is -0.949. The highest BCUT2D eigenvalue weighted by Gasteiger charge is 2.47. The van der Waals surface area contributed by atoms with Crippen LogP contribution in [0.3, 0.4) is 0 Å². The van der Waals surface area contributed by atoms with Crippen molar-refractivity contribution in [3.63, 3.8) is 0 Å². The maximum absolute atomic E-state index is 13.1. The third-order valence-electron chi connectivity index (χ3n) is 7.40. The molecule has 0 spiro atoms. The summed E-state index contributed by atoms with van der Waals surface area (Å²) in [4.78, 5) is 40.4. The summed E-state index contributed by atoms with van der Waals surface area (Å²) in [6.07, 6.45) is 2.67. The fraction of sp³-hybridized carbons (Fsp3) is 0.552. The number of hydrogen-bond donors (Lipinski definition) is 3. The quantitative estimate of drug-likeness (QED) is 0.448. The fourth-order valence-corrected chi connectivity index (χ4v) is 5.58. The molecule has 4 rings (SSSR count). The average molecular weight is 560 g/mol. The summed E-state index contributed by atoms with van der Waals surface area (Å²) >= 11 is 6.57. The third-order valence-corrected chi connectivity index (χ3v) is 7.68. The Kier molecular flexibility index (Phi) is 7.94. The van der Waals surface area contributed by atoms with Gasteiger partial charge >= 0.3 is 6.09 Å². The fourth-order valence-electron chi connectivity index (χ4n) is 5.35. The molecule has 1 aliphatic heterocycles. The van der Waals surface area contributed by atoms with Crippen LogP contribution in [0, 0.1) is 26.7 Å². The van der Waals surface area contributed by atoms with Gasteiger partial charge in [0.2, 0.25) is 0 Å². The second kappa shape index (κ2) is 10.8. The summed E-state index contributed by atoms with van der Waals surface area (Å²) < 4.78 is 18.1. The predicted octanol–water partition coefficient (Wildman–Crippen LogP) is 5.45. The lowest BCUT2D eigenvalue weighted by atomic mass is 9.81. The molecule has 1 unspecified atom stereocenters. The minimum Gasteiger partial charge on any atom is -0.448 e. The lowest BCUT2D eigenvalue weighted by Crippen LogP contribution is -2.48. The SMILES string of the molecule is Cc1cc(C)c(CNC(=O)c2cc(Cl)c3c(c2C)OC(C)([C@H]2CC[C@H](NC(=O)OC(C)(C)C)CC2)O3)c(=O)[nH]1. The zero-order chi connectivity index (χ0) is 28.7. The van der Waals surface area contributed by atoms with E-state index >= 15 is 0 Å². The number of aryl methyl sites for hydroxylation is 2. The zero-order valence-electron chi connectivity index (χ0n) is 23.7. The van der Waals surface area contributed by atoms with E-state index in [1.807, 2.05) is 47.6 Å². The van der Waals surface area contributed by atoms with Gasteiger partial charge in [-0.15, -0.1) is 0 Å². The van der Waals surface area contributed by atoms with Gasteiger partial charge in [0.15, 0.2) is 11.5 Å². The van der Waals surface area contributed by atoms with E-state index in [1.165, 1.54) is 0 Å². The van der Waals surface area contributed by atoms with E-state index in [1.54, 1.807) is 13.0 Å². The second-order valence-electron chi connectivity index (χ2n) is 11.7. The first-order valence-electron chi connectivity index (χ1n) is 13.3. The van der Waals surface area contributed by atoms with Crippen molar-refractivity contribution in [2.75, 3.05) is 0 Å². The van der Waals surface area contributed by atoms with E-state index in [0.29, 0.717) is 28.2 Å². The number of halogens is 1. The highest BCUT2D eigenvalue weighted by molar-refractivity contribution is 6.33. The lowest BCUT2D eigenvalue weighted by Gasteiger charge is -2.37. The van der Waals surface area contributed by atoms with Crippen LogP contribution >= 0.6 is 11.6 Å². The number of hydrogen-bond acceptors (Lipinski definition) is 6. The predicted molar refractivity (Wildman–Crippen MR) is 149 cm³/mol. The van der Waals surface area contributed by atoms with Crippen LogP contribution in [-0.2, 0) is 11.3 Å². The van der Waals surface area contributed by atoms with Crippen LogP contribution in [0.2, 0.25) is 5.02 Å². The average Bonchev–Trinajstić information content (AvgIpc) is 3.19. The number of carbonyl (C=O) groups is 2. The van der Waals surface area contributed by atoms with Gasteiger partial charge in [-0.2, -0.15) is 0 Å². The molecule has 0 saturated heterocycles. The number of aromatic nitrogens is 1. The van der Waals surface area contributed by atoms with Gasteiger partial charge < -0.3 is 29.8 Å². The molecule has 1 saturated carbocycles. The molecule has 1 aliphatic carbocycles. The molecule has 212 valence electrons. The number of nitrogens with one attached hydrogen (secondary N) is 3. The van der Waals surface area contributed by atoms with Crippen LogP contribution in [-0.4, -0.2) is 34.4 Å². The van der Waals surface area contributed by atoms with Crippen LogP contribution in [0.5, 0.6) is 11.5 Å². The van der Waals surface area contributed by atoms with Gasteiger partial charge in [0, 0.05) is 47.8 Å². The molecule has 1 aromatic carbocycles. The molecule has 39 heavy (non-hydrogen) atoms. The number of ether oxygens (including phenoxy) is 3. The van der Waals surface area contributed by atoms with Gasteiger partial charge in [-0.25, -0.2) is 4.79 Å². The summed E-state index contributed by atoms with van der Waals surface area (Å²) in [5, 5.41) is 6.08. The van der Waals surface area contributed by atoms with Gasteiger partial charge in [0.1, 0.15) is 5.60 Å². The standard InChI is InChI=1S/C29H38ClN3O6/c1-15-12-16(2)32-26(35)21(15)14-31-25(34)20-13-22(30)24-23(17(20)3)37-29(7,38-24)18-8-10-19(11-9-18)33-27(36)39-28(4,5)6/h12-13,18-19H,8-11,14H2,1-7H3,(H,31,34)(H,32,35)(H,33,36)/t18-,19-,29?. The third kappa shape index (κ3) is 6.35. The van der Waals surface area contributed by atoms with Crippen LogP contribution < -0.4 is 25.7 Å². The van der Waals surface area contributed by atoms with Gasteiger partial charge in [0.05, 0.1) is 5.02 Å². The van der Waals surface area contributed by atoms with Crippen LogP contribution in [0.15, 0.2) is 16.9 Å². The Hall–Kier alpha value is -3.20. The van der Waals surface area contributed by atoms with E-state index in [4.69, 9.17) is 25.8 Å². The molecule has 9 nitrogen and oxygen atoms in total. The summed E-state index contributed by atoms with van der Waals surface area (Å²) in [6, 6.07) is 3.47. The van der Waals surface area contributed by atoms with Crippen molar-refractivity contribution in [2.24, 2.45) is 5.92 Å². The Balaban J connectivity index is 1.42. The number of H-pyrrole nitrogens is 1. The zero-order valence-corrected chi connectivity index (χ0v) is 24.4. The second-order valence-corrected chi connectivity index (χ2v) is 12.1. The summed E-state index contributed by atoms with van der Waals surface area (Å²) in [5.41, 5.74) is 2.28. The van der Waals surface area contributed by atoms with Crippen molar-refractivity contribution in [3.05, 3.63) is 55.5 Å². The first-order chi connectivity index (χ1) is 18.2. The normalized spacial score (nSPS) is 22.4. The monoisotopic (exact) mass is 559 g/mol. The molecule has 0 radical (unpaired) electrons. The van der Waals surface area contributed by atoms with Crippen LogP contribution in [0.25, 0.3) is 0 Å². The van der Waals surface area contributed by atoms with Crippen molar-refractivity contribution in [3.8, 4) is 11.5 Å². The molecule has 3 N–H and O–H groups in total. The number of rotatable bonds is 5. The van der Waals surface area contributed by atoms with E-state index in [9.17, 15) is 14.4 Å². The summed E-state index contributed by atoms with van der Waals surface area (Å²) in [7, 11) is 0. The smallest absolute Gasteiger partial charge is 0.407 e. The number of carbonyl (C=O) groups excluding carboxylic acids is 2. The van der Waals surface area contributed by atoms with Crippen molar-refractivity contribution in [2.45, 2.75) is 98.1 Å². The van der Waals surface area contributed by atoms with E-state index in [0.717, 1.165) is 36.9 Å². The molecular weight excluding hydrogens is 522 g/mol. The van der Waals surface area contributed by atoms with Gasteiger partial charge in [0.25, 0.3) is 17.3 Å². The van der Waals surface area contributed by atoms with Crippen molar-refractivity contribution in [1.29, 1.82) is 0 Å². The summed E-state index contributed by atoms with van der Waals surface area (Å²) in [6.45, 7) is 12.9. The highest BCUT2D eigenvalue weighted by Crippen LogP contribution is 2.51. The van der Waals surface area contributed by atoms with E-state index < -0.39 is 17.5 Å². The molecule has 1 atom stereocenters. The van der Waals surface area contributed by atoms with Gasteiger partial charge in [-0.1, -0.05) is 11.6 Å².